The Morgan fingerprint density at radius 3 is 2.88 bits per heavy atom. The quantitative estimate of drug-likeness (QED) is 0.833. The maximum atomic E-state index is 13.3. The van der Waals surface area contributed by atoms with E-state index in [1.807, 2.05) is 6.92 Å². The summed E-state index contributed by atoms with van der Waals surface area (Å²) < 4.78 is 13.3. The minimum Gasteiger partial charge on any atom is -0.390 e. The van der Waals surface area contributed by atoms with Gasteiger partial charge in [-0.1, -0.05) is 6.92 Å². The van der Waals surface area contributed by atoms with Gasteiger partial charge in [-0.2, -0.15) is 0 Å². The molecule has 16 heavy (non-hydrogen) atoms. The molecule has 1 aromatic heterocycles. The molecule has 0 spiro atoms. The maximum Gasteiger partial charge on any atom is 0.137 e. The van der Waals surface area contributed by atoms with Gasteiger partial charge in [0.05, 0.1) is 18.5 Å². The van der Waals surface area contributed by atoms with Gasteiger partial charge in [0.1, 0.15) is 11.6 Å². The molecule has 0 atom stereocenters. The van der Waals surface area contributed by atoms with Gasteiger partial charge in [-0.25, -0.2) is 9.37 Å². The number of aryl methyl sites for hydroxylation is 1. The average molecular weight is 220 g/mol. The summed E-state index contributed by atoms with van der Waals surface area (Å²) in [7, 11) is 0. The minimum atomic E-state index is -0.194. The van der Waals surface area contributed by atoms with Crippen molar-refractivity contribution in [1.82, 2.24) is 9.97 Å². The number of aliphatic hydroxyl groups is 1. The molecule has 0 bridgehead atoms. The summed E-state index contributed by atoms with van der Waals surface area (Å²) in [5, 5.41) is 8.91. The van der Waals surface area contributed by atoms with Crippen LogP contribution in [0.15, 0.2) is 24.4 Å². The van der Waals surface area contributed by atoms with Crippen molar-refractivity contribution in [2.75, 3.05) is 0 Å². The van der Waals surface area contributed by atoms with Crippen LogP contribution in [0.2, 0.25) is 0 Å². The van der Waals surface area contributed by atoms with Crippen LogP contribution in [0.25, 0.3) is 11.4 Å². The topological polar surface area (TPSA) is 48.9 Å². The average Bonchev–Trinajstić information content (AvgIpc) is 2.78. The van der Waals surface area contributed by atoms with Crippen LogP contribution in [0.5, 0.6) is 0 Å². The van der Waals surface area contributed by atoms with Crippen LogP contribution >= 0.6 is 0 Å². The first-order valence-electron chi connectivity index (χ1n) is 5.18. The molecular weight excluding hydrogens is 207 g/mol. The summed E-state index contributed by atoms with van der Waals surface area (Å²) in [5.74, 6) is 0.457. The Kier molecular flexibility index (Phi) is 3.01. The van der Waals surface area contributed by atoms with Crippen molar-refractivity contribution in [2.45, 2.75) is 20.0 Å². The van der Waals surface area contributed by atoms with E-state index in [0.717, 1.165) is 5.56 Å². The number of halogens is 1. The van der Waals surface area contributed by atoms with E-state index in [1.54, 1.807) is 18.3 Å². The van der Waals surface area contributed by atoms with Crippen molar-refractivity contribution in [3.63, 3.8) is 0 Å². The zero-order chi connectivity index (χ0) is 11.5. The highest BCUT2D eigenvalue weighted by molar-refractivity contribution is 5.56. The first-order chi connectivity index (χ1) is 7.74. The Hall–Kier alpha value is -1.68. The van der Waals surface area contributed by atoms with Gasteiger partial charge < -0.3 is 10.1 Å². The molecule has 1 aromatic carbocycles. The molecule has 4 heteroatoms. The highest BCUT2D eigenvalue weighted by Gasteiger charge is 2.06. The predicted molar refractivity (Wildman–Crippen MR) is 59.3 cm³/mol. The molecule has 0 amide bonds. The fourth-order valence-corrected chi connectivity index (χ4v) is 1.58. The number of benzene rings is 1. The number of aliphatic hydroxyl groups excluding tert-OH is 1. The molecule has 0 fully saturated rings. The molecule has 0 aliphatic carbocycles. The first-order valence-corrected chi connectivity index (χ1v) is 5.18. The second kappa shape index (κ2) is 4.45. The third kappa shape index (κ3) is 1.97. The monoisotopic (exact) mass is 220 g/mol. The van der Waals surface area contributed by atoms with Crippen LogP contribution < -0.4 is 0 Å². The summed E-state index contributed by atoms with van der Waals surface area (Å²) in [4.78, 5) is 7.09. The van der Waals surface area contributed by atoms with E-state index in [1.165, 1.54) is 6.07 Å². The number of rotatable bonds is 3. The lowest BCUT2D eigenvalue weighted by molar-refractivity contribution is 0.277. The molecule has 3 nitrogen and oxygen atoms in total. The fourth-order valence-electron chi connectivity index (χ4n) is 1.58. The van der Waals surface area contributed by atoms with Crippen molar-refractivity contribution in [3.8, 4) is 11.4 Å². The predicted octanol–water partition coefficient (Wildman–Crippen LogP) is 2.27. The molecule has 84 valence electrons. The van der Waals surface area contributed by atoms with E-state index in [4.69, 9.17) is 5.11 Å². The van der Waals surface area contributed by atoms with Crippen LogP contribution in [0.4, 0.5) is 4.39 Å². The largest absolute Gasteiger partial charge is 0.390 e. The van der Waals surface area contributed by atoms with E-state index in [9.17, 15) is 4.39 Å². The number of hydrogen-bond donors (Lipinski definition) is 2. The van der Waals surface area contributed by atoms with E-state index in [-0.39, 0.29) is 12.4 Å². The minimum absolute atomic E-state index is 0.0746. The molecule has 2 N–H and O–H groups in total. The molecule has 0 unspecified atom stereocenters. The van der Waals surface area contributed by atoms with Gasteiger partial charge in [-0.05, 0) is 30.2 Å². The normalized spacial score (nSPS) is 10.7. The van der Waals surface area contributed by atoms with Crippen molar-refractivity contribution in [3.05, 3.63) is 41.5 Å². The van der Waals surface area contributed by atoms with Gasteiger partial charge in [0.15, 0.2) is 0 Å². The molecule has 2 rings (SSSR count). The summed E-state index contributed by atoms with van der Waals surface area (Å²) in [6.45, 7) is 1.83. The van der Waals surface area contributed by atoms with E-state index >= 15 is 0 Å². The Bertz CT molecular complexity index is 494. The zero-order valence-corrected chi connectivity index (χ0v) is 9.00. The number of aromatic amines is 1. The van der Waals surface area contributed by atoms with Crippen molar-refractivity contribution < 1.29 is 9.50 Å². The van der Waals surface area contributed by atoms with Gasteiger partial charge in [0.25, 0.3) is 0 Å². The van der Waals surface area contributed by atoms with Gasteiger partial charge in [0, 0.05) is 5.56 Å². The number of imidazole rings is 1. The van der Waals surface area contributed by atoms with Crippen LogP contribution in [0.3, 0.4) is 0 Å². The Labute approximate surface area is 93.0 Å². The SMILES string of the molecule is CCc1cc(-c2ncc(CO)[nH]2)ccc1F. The lowest BCUT2D eigenvalue weighted by Gasteiger charge is -2.02. The molecule has 1 heterocycles. The molecule has 0 saturated carbocycles. The van der Waals surface area contributed by atoms with Crippen molar-refractivity contribution >= 4 is 0 Å². The second-order valence-electron chi connectivity index (χ2n) is 3.57. The van der Waals surface area contributed by atoms with Crippen LogP contribution in [0, 0.1) is 5.82 Å². The maximum absolute atomic E-state index is 13.3. The third-order valence-corrected chi connectivity index (χ3v) is 2.50. The highest BCUT2D eigenvalue weighted by Crippen LogP contribution is 2.19. The van der Waals surface area contributed by atoms with Crippen LogP contribution in [-0.2, 0) is 13.0 Å². The fraction of sp³-hybridized carbons (Fsp3) is 0.250. The third-order valence-electron chi connectivity index (χ3n) is 2.50. The van der Waals surface area contributed by atoms with E-state index in [0.29, 0.717) is 23.5 Å². The Balaban J connectivity index is 2.40. The Morgan fingerprint density at radius 1 is 1.44 bits per heavy atom. The molecule has 0 aliphatic rings. The lowest BCUT2D eigenvalue weighted by Crippen LogP contribution is -1.90. The van der Waals surface area contributed by atoms with Gasteiger partial charge in [-0.3, -0.25) is 0 Å². The van der Waals surface area contributed by atoms with Gasteiger partial charge in [0.2, 0.25) is 0 Å². The van der Waals surface area contributed by atoms with E-state index < -0.39 is 0 Å². The standard InChI is InChI=1S/C12H13FN2O/c1-2-8-5-9(3-4-11(8)13)12-14-6-10(7-16)15-12/h3-6,16H,2,7H2,1H3,(H,14,15). The van der Waals surface area contributed by atoms with E-state index in [2.05, 4.69) is 9.97 Å². The number of nitrogens with zero attached hydrogens (tertiary/aromatic N) is 1. The molecule has 0 aliphatic heterocycles. The zero-order valence-electron chi connectivity index (χ0n) is 9.00. The lowest BCUT2D eigenvalue weighted by atomic mass is 10.1. The highest BCUT2D eigenvalue weighted by atomic mass is 19.1. The number of aromatic nitrogens is 2. The Morgan fingerprint density at radius 2 is 2.25 bits per heavy atom. The van der Waals surface area contributed by atoms with Crippen molar-refractivity contribution in [1.29, 1.82) is 0 Å². The summed E-state index contributed by atoms with van der Waals surface area (Å²) in [6, 6.07) is 4.89. The van der Waals surface area contributed by atoms with Crippen molar-refractivity contribution in [2.24, 2.45) is 0 Å². The molecular formula is C12H13FN2O. The summed E-state index contributed by atoms with van der Waals surface area (Å²) in [5.41, 5.74) is 2.15. The molecule has 0 radical (unpaired) electrons. The number of hydrogen-bond acceptors (Lipinski definition) is 2. The first kappa shape index (κ1) is 10.8. The van der Waals surface area contributed by atoms with Crippen LogP contribution in [-0.4, -0.2) is 15.1 Å². The second-order valence-corrected chi connectivity index (χ2v) is 3.57. The summed E-state index contributed by atoms with van der Waals surface area (Å²) >= 11 is 0. The van der Waals surface area contributed by atoms with Gasteiger partial charge in [-0.15, -0.1) is 0 Å². The number of nitrogens with one attached hydrogen (secondary N) is 1. The van der Waals surface area contributed by atoms with Crippen LogP contribution in [0.1, 0.15) is 18.2 Å². The smallest absolute Gasteiger partial charge is 0.137 e. The molecule has 2 aromatic rings. The van der Waals surface area contributed by atoms with Gasteiger partial charge >= 0.3 is 0 Å². The number of H-pyrrole nitrogens is 1. The molecule has 0 saturated heterocycles. The summed E-state index contributed by atoms with van der Waals surface area (Å²) in [6.07, 6.45) is 2.22.